The maximum atomic E-state index is 11.5. The third-order valence-corrected chi connectivity index (χ3v) is 4.14. The molecule has 2 saturated carbocycles. The van der Waals surface area contributed by atoms with Crippen LogP contribution in [0.1, 0.15) is 25.7 Å². The number of amides is 1. The van der Waals surface area contributed by atoms with Crippen molar-refractivity contribution in [2.45, 2.75) is 25.7 Å². The van der Waals surface area contributed by atoms with E-state index >= 15 is 0 Å². The van der Waals surface area contributed by atoms with E-state index in [0.29, 0.717) is 17.7 Å². The molecule has 2 nitrogen and oxygen atoms in total. The molecule has 3 aliphatic rings. The summed E-state index contributed by atoms with van der Waals surface area (Å²) in [5.41, 5.74) is 0. The highest BCUT2D eigenvalue weighted by atomic mass is 16.2. The van der Waals surface area contributed by atoms with Gasteiger partial charge in [-0.25, -0.2) is 0 Å². The lowest BCUT2D eigenvalue weighted by molar-refractivity contribution is -0.123. The van der Waals surface area contributed by atoms with Crippen molar-refractivity contribution in [3.05, 3.63) is 0 Å². The van der Waals surface area contributed by atoms with Gasteiger partial charge >= 0.3 is 0 Å². The summed E-state index contributed by atoms with van der Waals surface area (Å²) in [6.07, 6.45) is 5.41. The van der Waals surface area contributed by atoms with Crippen LogP contribution in [0.15, 0.2) is 0 Å². The first kappa shape index (κ1) is 6.93. The maximum absolute atomic E-state index is 11.5. The molecule has 66 valence electrons. The zero-order valence-electron chi connectivity index (χ0n) is 7.25. The standard InChI is InChI=1S/C10H15NO/c12-10-9-7-3-1-2-6(4-7)8(9)5-11-10/h6-9H,1-5H2,(H,11,12). The molecule has 1 aliphatic heterocycles. The van der Waals surface area contributed by atoms with Crippen LogP contribution in [0.2, 0.25) is 0 Å². The lowest BCUT2D eigenvalue weighted by Gasteiger charge is -2.20. The molecule has 4 atom stereocenters. The van der Waals surface area contributed by atoms with Gasteiger partial charge in [0.1, 0.15) is 0 Å². The highest BCUT2D eigenvalue weighted by Crippen LogP contribution is 2.51. The Morgan fingerprint density at radius 1 is 1.25 bits per heavy atom. The Labute approximate surface area is 72.7 Å². The summed E-state index contributed by atoms with van der Waals surface area (Å²) < 4.78 is 0. The van der Waals surface area contributed by atoms with E-state index in [4.69, 9.17) is 0 Å². The molecular formula is C10H15NO. The van der Waals surface area contributed by atoms with Crippen LogP contribution >= 0.6 is 0 Å². The molecule has 4 unspecified atom stereocenters. The molecule has 2 heteroatoms. The third-order valence-electron chi connectivity index (χ3n) is 4.14. The SMILES string of the molecule is O=C1NCC2C3CCCC(C3)C12. The quantitative estimate of drug-likeness (QED) is 0.573. The van der Waals surface area contributed by atoms with Crippen LogP contribution in [0.3, 0.4) is 0 Å². The number of hydrogen-bond donors (Lipinski definition) is 1. The van der Waals surface area contributed by atoms with Gasteiger partial charge in [0, 0.05) is 12.5 Å². The van der Waals surface area contributed by atoms with Gasteiger partial charge in [-0.15, -0.1) is 0 Å². The number of carbonyl (C=O) groups is 1. The van der Waals surface area contributed by atoms with Gasteiger partial charge in [0.05, 0.1) is 0 Å². The van der Waals surface area contributed by atoms with Gasteiger partial charge in [-0.1, -0.05) is 12.8 Å². The summed E-state index contributed by atoms with van der Waals surface area (Å²) in [7, 11) is 0. The summed E-state index contributed by atoms with van der Waals surface area (Å²) in [6, 6.07) is 0. The molecule has 0 aromatic carbocycles. The fourth-order valence-electron chi connectivity index (χ4n) is 3.66. The maximum Gasteiger partial charge on any atom is 0.223 e. The molecule has 2 bridgehead atoms. The summed E-state index contributed by atoms with van der Waals surface area (Å²) in [5, 5.41) is 3.01. The van der Waals surface area contributed by atoms with Crippen LogP contribution in [0.4, 0.5) is 0 Å². The van der Waals surface area contributed by atoms with Crippen molar-refractivity contribution in [1.29, 1.82) is 0 Å². The Morgan fingerprint density at radius 2 is 2.08 bits per heavy atom. The molecule has 0 aromatic heterocycles. The summed E-state index contributed by atoms with van der Waals surface area (Å²) in [6.45, 7) is 0.977. The van der Waals surface area contributed by atoms with Crippen molar-refractivity contribution >= 4 is 5.91 Å². The van der Waals surface area contributed by atoms with Gasteiger partial charge in [0.2, 0.25) is 5.91 Å². The van der Waals surface area contributed by atoms with E-state index in [0.717, 1.165) is 18.4 Å². The predicted molar refractivity (Wildman–Crippen MR) is 45.4 cm³/mol. The predicted octanol–water partition coefficient (Wildman–Crippen LogP) is 1.17. The Bertz CT molecular complexity index is 226. The molecule has 1 saturated heterocycles. The number of nitrogens with one attached hydrogen (secondary N) is 1. The Hall–Kier alpha value is -0.530. The van der Waals surface area contributed by atoms with Crippen LogP contribution < -0.4 is 5.32 Å². The molecule has 1 N–H and O–H groups in total. The molecule has 1 heterocycles. The highest BCUT2D eigenvalue weighted by Gasteiger charge is 2.51. The first-order valence-corrected chi connectivity index (χ1v) is 5.14. The Kier molecular flexibility index (Phi) is 1.29. The molecule has 0 radical (unpaired) electrons. The van der Waals surface area contributed by atoms with Gasteiger partial charge in [-0.3, -0.25) is 4.79 Å². The van der Waals surface area contributed by atoms with E-state index in [-0.39, 0.29) is 0 Å². The van der Waals surface area contributed by atoms with E-state index in [2.05, 4.69) is 5.32 Å². The molecule has 0 spiro atoms. The fraction of sp³-hybridized carbons (Fsp3) is 0.900. The van der Waals surface area contributed by atoms with Crippen molar-refractivity contribution in [2.24, 2.45) is 23.7 Å². The summed E-state index contributed by atoms with van der Waals surface area (Å²) in [4.78, 5) is 11.5. The smallest absolute Gasteiger partial charge is 0.223 e. The summed E-state index contributed by atoms with van der Waals surface area (Å²) in [5.74, 6) is 3.11. The molecule has 1 amide bonds. The van der Waals surface area contributed by atoms with E-state index < -0.39 is 0 Å². The van der Waals surface area contributed by atoms with Crippen molar-refractivity contribution < 1.29 is 4.79 Å². The summed E-state index contributed by atoms with van der Waals surface area (Å²) >= 11 is 0. The Balaban J connectivity index is 1.94. The third kappa shape index (κ3) is 0.732. The van der Waals surface area contributed by atoms with Crippen LogP contribution in [-0.2, 0) is 4.79 Å². The number of fused-ring (bicyclic) bond motifs is 5. The largest absolute Gasteiger partial charge is 0.356 e. The topological polar surface area (TPSA) is 29.1 Å². The monoisotopic (exact) mass is 165 g/mol. The second-order valence-electron chi connectivity index (χ2n) is 4.62. The minimum Gasteiger partial charge on any atom is -0.356 e. The lowest BCUT2D eigenvalue weighted by Crippen LogP contribution is -2.24. The molecule has 2 aliphatic carbocycles. The average molecular weight is 165 g/mol. The van der Waals surface area contributed by atoms with Gasteiger partial charge in [0.15, 0.2) is 0 Å². The lowest BCUT2D eigenvalue weighted by atomic mass is 9.86. The van der Waals surface area contributed by atoms with Crippen LogP contribution in [-0.4, -0.2) is 12.5 Å². The molecule has 12 heavy (non-hydrogen) atoms. The van der Waals surface area contributed by atoms with Gasteiger partial charge < -0.3 is 5.32 Å². The van der Waals surface area contributed by atoms with Crippen molar-refractivity contribution in [2.75, 3.05) is 6.54 Å². The number of hydrogen-bond acceptors (Lipinski definition) is 1. The number of carbonyl (C=O) groups excluding carboxylic acids is 1. The minimum absolute atomic E-state index is 0.356. The van der Waals surface area contributed by atoms with Crippen LogP contribution in [0, 0.1) is 23.7 Å². The minimum atomic E-state index is 0.356. The van der Waals surface area contributed by atoms with E-state index in [1.165, 1.54) is 25.7 Å². The average Bonchev–Trinajstić information content (AvgIpc) is 2.57. The highest BCUT2D eigenvalue weighted by molar-refractivity contribution is 5.82. The first-order chi connectivity index (χ1) is 5.86. The van der Waals surface area contributed by atoms with Crippen LogP contribution in [0.5, 0.6) is 0 Å². The molecule has 0 aromatic rings. The number of rotatable bonds is 0. The molecular weight excluding hydrogens is 150 g/mol. The van der Waals surface area contributed by atoms with Gasteiger partial charge in [-0.2, -0.15) is 0 Å². The Morgan fingerprint density at radius 3 is 3.00 bits per heavy atom. The van der Waals surface area contributed by atoms with Gasteiger partial charge in [0.25, 0.3) is 0 Å². The fourth-order valence-corrected chi connectivity index (χ4v) is 3.66. The van der Waals surface area contributed by atoms with Gasteiger partial charge in [-0.05, 0) is 30.6 Å². The van der Waals surface area contributed by atoms with E-state index in [1.54, 1.807) is 0 Å². The molecule has 3 fully saturated rings. The normalized spacial score (nSPS) is 50.5. The van der Waals surface area contributed by atoms with Crippen molar-refractivity contribution in [1.82, 2.24) is 5.32 Å². The zero-order chi connectivity index (χ0) is 8.13. The second kappa shape index (κ2) is 2.24. The van der Waals surface area contributed by atoms with E-state index in [9.17, 15) is 4.79 Å². The van der Waals surface area contributed by atoms with Crippen LogP contribution in [0.25, 0.3) is 0 Å². The van der Waals surface area contributed by atoms with E-state index in [1.807, 2.05) is 0 Å². The molecule has 3 rings (SSSR count). The zero-order valence-corrected chi connectivity index (χ0v) is 7.25. The first-order valence-electron chi connectivity index (χ1n) is 5.14. The van der Waals surface area contributed by atoms with Crippen molar-refractivity contribution in [3.63, 3.8) is 0 Å². The van der Waals surface area contributed by atoms with Crippen molar-refractivity contribution in [3.8, 4) is 0 Å². The second-order valence-corrected chi connectivity index (χ2v) is 4.62.